The number of rotatable bonds is 46. The number of ketones is 1. The Morgan fingerprint density at radius 3 is 1.44 bits per heavy atom. The molecule has 0 saturated heterocycles. The van der Waals surface area contributed by atoms with Crippen LogP contribution in [-0.4, -0.2) is 154 Å². The Labute approximate surface area is 371 Å². The maximum Gasteiger partial charge on any atom is 0.303 e. The minimum Gasteiger partial charge on any atom is -0.481 e. The Kier molecular flexibility index (Phi) is 39.1. The predicted molar refractivity (Wildman–Crippen MR) is 236 cm³/mol. The van der Waals surface area contributed by atoms with E-state index in [1.165, 1.54) is 51.9 Å². The van der Waals surface area contributed by atoms with E-state index in [1.54, 1.807) is 14.0 Å². The number of carbonyl (C=O) groups is 5. The quantitative estimate of drug-likeness (QED) is 0.0314. The van der Waals surface area contributed by atoms with Crippen LogP contribution in [0.2, 0.25) is 0 Å². The van der Waals surface area contributed by atoms with Gasteiger partial charge < -0.3 is 60.6 Å². The van der Waals surface area contributed by atoms with E-state index < -0.39 is 24.0 Å². The van der Waals surface area contributed by atoms with Crippen LogP contribution in [-0.2, 0) is 42.9 Å². The van der Waals surface area contributed by atoms with Crippen LogP contribution in [0.1, 0.15) is 149 Å². The molecule has 0 rings (SSSR count). The number of hydrogen-bond donors (Lipinski definition) is 9. The zero-order chi connectivity index (χ0) is 46.1. The van der Waals surface area contributed by atoms with Gasteiger partial charge in [-0.3, -0.25) is 29.3 Å². The van der Waals surface area contributed by atoms with E-state index in [0.717, 1.165) is 64.2 Å². The second-order valence-electron chi connectivity index (χ2n) is 16.1. The molecule has 0 aromatic rings. The smallest absolute Gasteiger partial charge is 0.303 e. The highest BCUT2D eigenvalue weighted by Crippen LogP contribution is 2.16. The van der Waals surface area contributed by atoms with Crippen LogP contribution in [0.5, 0.6) is 0 Å². The van der Waals surface area contributed by atoms with E-state index in [2.05, 4.69) is 26.6 Å². The van der Waals surface area contributed by atoms with E-state index in [-0.39, 0.29) is 115 Å². The molecule has 0 aliphatic carbocycles. The molecule has 3 amide bonds. The lowest BCUT2D eigenvalue weighted by molar-refractivity contribution is -0.176. The number of nitrogens with one attached hydrogen (secondary N) is 5. The van der Waals surface area contributed by atoms with E-state index in [9.17, 15) is 39.3 Å². The Morgan fingerprint density at radius 2 is 0.968 bits per heavy atom. The molecule has 9 N–H and O–H groups in total. The maximum absolute atomic E-state index is 12.4. The van der Waals surface area contributed by atoms with Crippen molar-refractivity contribution in [1.29, 1.82) is 0 Å². The highest BCUT2D eigenvalue weighted by molar-refractivity contribution is 5.81. The topological polar surface area (TPSA) is 263 Å². The lowest BCUT2D eigenvalue weighted by Gasteiger charge is -2.31. The molecule has 3 atom stereocenters. The maximum atomic E-state index is 12.4. The van der Waals surface area contributed by atoms with Gasteiger partial charge in [-0.25, -0.2) is 0 Å². The lowest BCUT2D eigenvalue weighted by atomic mass is 10.0. The Morgan fingerprint density at radius 1 is 0.532 bits per heavy atom. The number of carbonyl (C=O) groups excluding carboxylic acids is 4. The van der Waals surface area contributed by atoms with E-state index >= 15 is 0 Å². The van der Waals surface area contributed by atoms with Crippen molar-refractivity contribution in [2.75, 3.05) is 79.5 Å². The first-order chi connectivity index (χ1) is 29.8. The molecule has 0 fully saturated rings. The minimum atomic E-state index is -2.12. The number of aliphatic carboxylic acids is 1. The molecule has 0 heterocycles. The molecule has 0 aromatic heterocycles. The normalized spacial score (nSPS) is 13.1. The standard InChI is InChI=1S/C44H85N5O13/c1-36(50)37(45-3)20-18-19-25-46-41(53)34-61-32-31-60-29-27-48-42(54)35-62-33-30-59-28-26-47-39(51)24-23-38(44(2,57)58)49-40(52)21-16-14-12-10-8-6-4-5-7-9-11-13-15-17-22-43(55)56/h37-38,40,45,49,52,57-58H,4-35H2,1-3H3,(H,46,53)(H,47,51)(H,48,54)(H,55,56)/t37-,38+,40?/m0/s1. The van der Waals surface area contributed by atoms with Gasteiger partial charge in [-0.2, -0.15) is 0 Å². The first-order valence-corrected chi connectivity index (χ1v) is 23.2. The molecule has 18 nitrogen and oxygen atoms in total. The molecular weight excluding hydrogens is 807 g/mol. The summed E-state index contributed by atoms with van der Waals surface area (Å²) in [6, 6.07) is -1.05. The molecule has 0 bridgehead atoms. The summed E-state index contributed by atoms with van der Waals surface area (Å²) >= 11 is 0. The van der Waals surface area contributed by atoms with Crippen molar-refractivity contribution >= 4 is 29.5 Å². The van der Waals surface area contributed by atoms with Gasteiger partial charge in [-0.15, -0.1) is 0 Å². The number of carboxylic acids is 1. The highest BCUT2D eigenvalue weighted by Gasteiger charge is 2.31. The monoisotopic (exact) mass is 892 g/mol. The fourth-order valence-electron chi connectivity index (χ4n) is 6.58. The fraction of sp³-hybridized carbons (Fsp3) is 0.886. The second kappa shape index (κ2) is 40.9. The number of unbranched alkanes of at least 4 members (excludes halogenated alkanes) is 14. The van der Waals surface area contributed by atoms with Crippen LogP contribution < -0.4 is 26.6 Å². The third-order valence-electron chi connectivity index (χ3n) is 10.3. The number of aliphatic hydroxyl groups excluding tert-OH is 1. The van der Waals surface area contributed by atoms with Crippen molar-refractivity contribution in [3.8, 4) is 0 Å². The summed E-state index contributed by atoms with van der Waals surface area (Å²) in [6.07, 6.45) is 17.8. The summed E-state index contributed by atoms with van der Waals surface area (Å²) in [4.78, 5) is 58.1. The summed E-state index contributed by atoms with van der Waals surface area (Å²) in [5.41, 5.74) is 0. The lowest BCUT2D eigenvalue weighted by Crippen LogP contribution is -2.52. The Balaban J connectivity index is 3.73. The van der Waals surface area contributed by atoms with Crippen molar-refractivity contribution in [3.63, 3.8) is 0 Å². The van der Waals surface area contributed by atoms with Crippen LogP contribution in [0.15, 0.2) is 0 Å². The molecule has 0 spiro atoms. The zero-order valence-corrected chi connectivity index (χ0v) is 38.3. The van der Waals surface area contributed by atoms with Crippen LogP contribution >= 0.6 is 0 Å². The number of Topliss-reactive ketones (excluding diaryl/α,β-unsaturated/α-hetero) is 1. The second-order valence-corrected chi connectivity index (χ2v) is 16.1. The van der Waals surface area contributed by atoms with E-state index in [1.807, 2.05) is 0 Å². The summed E-state index contributed by atoms with van der Waals surface area (Å²) in [6.45, 7) is 5.03. The molecule has 0 aromatic carbocycles. The molecule has 62 heavy (non-hydrogen) atoms. The third-order valence-corrected chi connectivity index (χ3v) is 10.3. The van der Waals surface area contributed by atoms with Gasteiger partial charge in [0.25, 0.3) is 0 Å². The summed E-state index contributed by atoms with van der Waals surface area (Å²) in [5, 5.41) is 53.6. The van der Waals surface area contributed by atoms with Gasteiger partial charge in [-0.05, 0) is 65.8 Å². The molecule has 0 aliphatic heterocycles. The Bertz CT molecular complexity index is 1150. The van der Waals surface area contributed by atoms with Crippen LogP contribution in [0.25, 0.3) is 0 Å². The number of ether oxygens (including phenoxy) is 4. The van der Waals surface area contributed by atoms with Crippen LogP contribution in [0, 0.1) is 0 Å². The number of aliphatic hydroxyl groups is 3. The van der Waals surface area contributed by atoms with E-state index in [0.29, 0.717) is 13.0 Å². The van der Waals surface area contributed by atoms with Crippen molar-refractivity contribution < 1.29 is 63.3 Å². The summed E-state index contributed by atoms with van der Waals surface area (Å²) in [5.74, 6) is -3.53. The van der Waals surface area contributed by atoms with Crippen LogP contribution in [0.4, 0.5) is 0 Å². The molecular formula is C44H85N5O13. The summed E-state index contributed by atoms with van der Waals surface area (Å²) in [7, 11) is 1.76. The molecule has 1 unspecified atom stereocenters. The molecule has 18 heteroatoms. The van der Waals surface area contributed by atoms with Gasteiger partial charge in [0.2, 0.25) is 17.7 Å². The van der Waals surface area contributed by atoms with Crippen molar-refractivity contribution in [2.45, 2.75) is 173 Å². The fourth-order valence-corrected chi connectivity index (χ4v) is 6.58. The SMILES string of the molecule is CN[C@@H](CCCCNC(=O)COCCOCCNC(=O)COCCOCCNC(=O)CC[C@@H](NC(O)CCCCCCCCCCCCCCCCC(=O)O)C(C)(O)O)C(C)=O. The third kappa shape index (κ3) is 40.0. The highest BCUT2D eigenvalue weighted by atomic mass is 16.5. The first kappa shape index (κ1) is 59.2. The largest absolute Gasteiger partial charge is 0.481 e. The average molecular weight is 892 g/mol. The Hall–Kier alpha value is -2.81. The van der Waals surface area contributed by atoms with Gasteiger partial charge in [0, 0.05) is 32.5 Å². The van der Waals surface area contributed by atoms with Crippen LogP contribution in [0.3, 0.4) is 0 Å². The van der Waals surface area contributed by atoms with E-state index in [4.69, 9.17) is 24.1 Å². The molecule has 0 radical (unpaired) electrons. The van der Waals surface area contributed by atoms with Crippen molar-refractivity contribution in [3.05, 3.63) is 0 Å². The number of hydrogen-bond acceptors (Lipinski definition) is 14. The summed E-state index contributed by atoms with van der Waals surface area (Å²) < 4.78 is 21.4. The van der Waals surface area contributed by atoms with Gasteiger partial charge in [0.15, 0.2) is 5.79 Å². The molecule has 364 valence electrons. The number of likely N-dealkylation sites (N-methyl/N-ethyl adjacent to an activating group) is 1. The average Bonchev–Trinajstić information content (AvgIpc) is 3.21. The van der Waals surface area contributed by atoms with Crippen molar-refractivity contribution in [2.24, 2.45) is 0 Å². The van der Waals surface area contributed by atoms with Gasteiger partial charge in [-0.1, -0.05) is 77.0 Å². The first-order valence-electron chi connectivity index (χ1n) is 23.2. The van der Waals surface area contributed by atoms with Gasteiger partial charge in [0.1, 0.15) is 25.2 Å². The molecule has 0 saturated carbocycles. The predicted octanol–water partition coefficient (Wildman–Crippen LogP) is 2.83. The van der Waals surface area contributed by atoms with Crippen molar-refractivity contribution in [1.82, 2.24) is 26.6 Å². The zero-order valence-electron chi connectivity index (χ0n) is 38.3. The van der Waals surface area contributed by atoms with Gasteiger partial charge in [0.05, 0.1) is 51.7 Å². The number of amides is 3. The molecule has 0 aliphatic rings. The van der Waals surface area contributed by atoms with Gasteiger partial charge >= 0.3 is 5.97 Å². The minimum absolute atomic E-state index is 0.0235. The number of carboxylic acid groups (broad SMARTS) is 1.